The molecule has 0 aromatic carbocycles. The fourth-order valence-electron chi connectivity index (χ4n) is 3.78. The maximum absolute atomic E-state index is 12.5. The molecule has 3 rings (SSSR count). The van der Waals surface area contributed by atoms with Gasteiger partial charge >= 0.3 is 6.03 Å². The van der Waals surface area contributed by atoms with Gasteiger partial charge in [-0.25, -0.2) is 4.79 Å². The van der Waals surface area contributed by atoms with E-state index in [2.05, 4.69) is 10.6 Å². The van der Waals surface area contributed by atoms with Gasteiger partial charge in [0.05, 0.1) is 0 Å². The summed E-state index contributed by atoms with van der Waals surface area (Å²) >= 11 is 0. The van der Waals surface area contributed by atoms with Gasteiger partial charge in [-0.2, -0.15) is 0 Å². The number of nitrogens with zero attached hydrogens (tertiary/aromatic N) is 2. The van der Waals surface area contributed by atoms with E-state index < -0.39 is 11.6 Å². The van der Waals surface area contributed by atoms with Gasteiger partial charge in [-0.15, -0.1) is 12.4 Å². The van der Waals surface area contributed by atoms with Crippen LogP contribution in [0.1, 0.15) is 38.5 Å². The van der Waals surface area contributed by atoms with Crippen molar-refractivity contribution >= 4 is 30.3 Å². The minimum Gasteiger partial charge on any atom is -0.341 e. The van der Waals surface area contributed by atoms with E-state index in [0.29, 0.717) is 12.8 Å². The summed E-state index contributed by atoms with van der Waals surface area (Å²) in [6.45, 7) is 1.65. The molecule has 1 spiro atoms. The Labute approximate surface area is 142 Å². The summed E-state index contributed by atoms with van der Waals surface area (Å²) in [5.41, 5.74) is -0.731. The summed E-state index contributed by atoms with van der Waals surface area (Å²) in [4.78, 5) is 39.9. The van der Waals surface area contributed by atoms with Crippen molar-refractivity contribution in [2.24, 2.45) is 0 Å². The SMILES string of the molecule is CN(C(=O)CN1C(=O)NC2(CCCC2)C1=O)C1CCNCC1.Cl. The molecule has 1 saturated carbocycles. The van der Waals surface area contributed by atoms with Crippen LogP contribution in [-0.2, 0) is 9.59 Å². The monoisotopic (exact) mass is 344 g/mol. The first-order valence-electron chi connectivity index (χ1n) is 8.14. The van der Waals surface area contributed by atoms with Crippen molar-refractivity contribution in [2.75, 3.05) is 26.7 Å². The zero-order valence-electron chi connectivity index (χ0n) is 13.5. The Hall–Kier alpha value is -1.34. The van der Waals surface area contributed by atoms with Crippen molar-refractivity contribution < 1.29 is 14.4 Å². The summed E-state index contributed by atoms with van der Waals surface area (Å²) < 4.78 is 0. The Morgan fingerprint density at radius 1 is 1.26 bits per heavy atom. The summed E-state index contributed by atoms with van der Waals surface area (Å²) in [6, 6.07) is -0.228. The number of carbonyl (C=O) groups excluding carboxylic acids is 3. The predicted octanol–water partition coefficient (Wildman–Crippen LogP) is 0.483. The lowest BCUT2D eigenvalue weighted by molar-refractivity contribution is -0.139. The van der Waals surface area contributed by atoms with E-state index in [9.17, 15) is 14.4 Å². The number of amides is 4. The van der Waals surface area contributed by atoms with Crippen LogP contribution in [0.25, 0.3) is 0 Å². The molecule has 8 heteroatoms. The normalized spacial score (nSPS) is 23.8. The predicted molar refractivity (Wildman–Crippen MR) is 87.4 cm³/mol. The number of halogens is 1. The lowest BCUT2D eigenvalue weighted by Crippen LogP contribution is -2.49. The van der Waals surface area contributed by atoms with Gasteiger partial charge in [0, 0.05) is 13.1 Å². The molecule has 130 valence electrons. The second-order valence-electron chi connectivity index (χ2n) is 6.60. The summed E-state index contributed by atoms with van der Waals surface area (Å²) in [5, 5.41) is 6.07. The van der Waals surface area contributed by atoms with Crippen LogP contribution < -0.4 is 10.6 Å². The molecule has 7 nitrogen and oxygen atoms in total. The van der Waals surface area contributed by atoms with Crippen LogP contribution >= 0.6 is 12.4 Å². The molecule has 0 unspecified atom stereocenters. The maximum Gasteiger partial charge on any atom is 0.325 e. The van der Waals surface area contributed by atoms with Crippen molar-refractivity contribution in [1.82, 2.24) is 20.4 Å². The molecule has 3 aliphatic rings. The fraction of sp³-hybridized carbons (Fsp3) is 0.800. The molecule has 2 saturated heterocycles. The quantitative estimate of drug-likeness (QED) is 0.730. The van der Waals surface area contributed by atoms with Crippen LogP contribution in [0.4, 0.5) is 4.79 Å². The Balaban J connectivity index is 0.00000192. The number of likely N-dealkylation sites (N-methyl/N-ethyl adjacent to an activating group) is 1. The van der Waals surface area contributed by atoms with E-state index in [1.165, 1.54) is 0 Å². The molecule has 0 atom stereocenters. The number of piperidine rings is 1. The fourth-order valence-corrected chi connectivity index (χ4v) is 3.78. The maximum atomic E-state index is 12.5. The highest BCUT2D eigenvalue weighted by atomic mass is 35.5. The van der Waals surface area contributed by atoms with Crippen molar-refractivity contribution in [2.45, 2.75) is 50.1 Å². The topological polar surface area (TPSA) is 81.8 Å². The summed E-state index contributed by atoms with van der Waals surface area (Å²) in [7, 11) is 1.77. The molecule has 0 bridgehead atoms. The second kappa shape index (κ2) is 7.05. The molecular formula is C15H25ClN4O3. The van der Waals surface area contributed by atoms with Gasteiger partial charge < -0.3 is 15.5 Å². The van der Waals surface area contributed by atoms with Gasteiger partial charge in [0.2, 0.25) is 5.91 Å². The average molecular weight is 345 g/mol. The van der Waals surface area contributed by atoms with E-state index in [-0.39, 0.29) is 36.8 Å². The Kier molecular flexibility index (Phi) is 5.52. The number of rotatable bonds is 3. The third-order valence-corrected chi connectivity index (χ3v) is 5.25. The van der Waals surface area contributed by atoms with Crippen LogP contribution in [0.2, 0.25) is 0 Å². The zero-order chi connectivity index (χ0) is 15.7. The number of hydrogen-bond donors (Lipinski definition) is 2. The molecule has 2 heterocycles. The number of imide groups is 1. The molecule has 2 aliphatic heterocycles. The first-order chi connectivity index (χ1) is 10.5. The molecule has 0 radical (unpaired) electrons. The summed E-state index contributed by atoms with van der Waals surface area (Å²) in [5.74, 6) is -0.382. The van der Waals surface area contributed by atoms with Crippen LogP contribution in [0.15, 0.2) is 0 Å². The molecule has 0 aromatic rings. The minimum absolute atomic E-state index is 0. The highest BCUT2D eigenvalue weighted by Crippen LogP contribution is 2.34. The van der Waals surface area contributed by atoms with Gasteiger partial charge in [0.25, 0.3) is 5.91 Å². The van der Waals surface area contributed by atoms with Crippen LogP contribution in [0.5, 0.6) is 0 Å². The molecule has 1 aliphatic carbocycles. The number of carbonyl (C=O) groups is 3. The molecule has 0 aromatic heterocycles. The molecule has 3 fully saturated rings. The number of urea groups is 1. The molecule has 4 amide bonds. The van der Waals surface area contributed by atoms with Crippen LogP contribution in [0, 0.1) is 0 Å². The lowest BCUT2D eigenvalue weighted by atomic mass is 9.98. The van der Waals surface area contributed by atoms with Crippen molar-refractivity contribution in [3.8, 4) is 0 Å². The van der Waals surface area contributed by atoms with E-state index in [1.54, 1.807) is 11.9 Å². The van der Waals surface area contributed by atoms with E-state index in [1.807, 2.05) is 0 Å². The first kappa shape index (κ1) is 18.0. The van der Waals surface area contributed by atoms with E-state index in [4.69, 9.17) is 0 Å². The van der Waals surface area contributed by atoms with E-state index >= 15 is 0 Å². The highest BCUT2D eigenvalue weighted by Gasteiger charge is 2.52. The van der Waals surface area contributed by atoms with Gasteiger partial charge in [0.15, 0.2) is 0 Å². The Morgan fingerprint density at radius 2 is 1.87 bits per heavy atom. The van der Waals surface area contributed by atoms with Crippen molar-refractivity contribution in [3.05, 3.63) is 0 Å². The smallest absolute Gasteiger partial charge is 0.325 e. The summed E-state index contributed by atoms with van der Waals surface area (Å²) in [6.07, 6.45) is 5.09. The Bertz CT molecular complexity index is 487. The largest absolute Gasteiger partial charge is 0.341 e. The average Bonchev–Trinajstić information content (AvgIpc) is 3.09. The third-order valence-electron chi connectivity index (χ3n) is 5.25. The van der Waals surface area contributed by atoms with Gasteiger partial charge in [-0.05, 0) is 38.8 Å². The number of hydrogen-bond acceptors (Lipinski definition) is 4. The van der Waals surface area contributed by atoms with Gasteiger partial charge in [-0.3, -0.25) is 14.5 Å². The Morgan fingerprint density at radius 3 is 2.48 bits per heavy atom. The standard InChI is InChI=1S/C15H24N4O3.ClH/c1-18(11-4-8-16-9-5-11)12(20)10-19-13(21)15(17-14(19)22)6-2-3-7-15;/h11,16H,2-10H2,1H3,(H,17,22);1H. The molecule has 2 N–H and O–H groups in total. The molecule has 23 heavy (non-hydrogen) atoms. The van der Waals surface area contributed by atoms with Crippen LogP contribution in [-0.4, -0.2) is 65.9 Å². The minimum atomic E-state index is -0.731. The van der Waals surface area contributed by atoms with Gasteiger partial charge in [-0.1, -0.05) is 12.8 Å². The van der Waals surface area contributed by atoms with Gasteiger partial charge in [0.1, 0.15) is 12.1 Å². The van der Waals surface area contributed by atoms with Crippen molar-refractivity contribution in [1.29, 1.82) is 0 Å². The van der Waals surface area contributed by atoms with E-state index in [0.717, 1.165) is 43.7 Å². The van der Waals surface area contributed by atoms with Crippen molar-refractivity contribution in [3.63, 3.8) is 0 Å². The number of nitrogens with one attached hydrogen (secondary N) is 2. The lowest BCUT2D eigenvalue weighted by Gasteiger charge is -2.32. The highest BCUT2D eigenvalue weighted by molar-refractivity contribution is 6.09. The second-order valence-corrected chi connectivity index (χ2v) is 6.60. The molecular weight excluding hydrogens is 320 g/mol. The van der Waals surface area contributed by atoms with Crippen LogP contribution in [0.3, 0.4) is 0 Å². The zero-order valence-corrected chi connectivity index (χ0v) is 14.3. The third kappa shape index (κ3) is 3.30. The first-order valence-corrected chi connectivity index (χ1v) is 8.14.